The van der Waals surface area contributed by atoms with Gasteiger partial charge in [0.25, 0.3) is 5.91 Å². The van der Waals surface area contributed by atoms with Gasteiger partial charge in [-0.1, -0.05) is 27.5 Å². The van der Waals surface area contributed by atoms with Crippen LogP contribution >= 0.6 is 38.9 Å². The number of aromatic nitrogens is 1. The van der Waals surface area contributed by atoms with Gasteiger partial charge < -0.3 is 5.32 Å². The van der Waals surface area contributed by atoms with Crippen LogP contribution < -0.4 is 10.6 Å². The number of nitrogens with zero attached hydrogens (tertiary/aromatic N) is 1. The van der Waals surface area contributed by atoms with E-state index in [1.165, 1.54) is 11.3 Å². The van der Waals surface area contributed by atoms with Crippen LogP contribution in [-0.4, -0.2) is 16.8 Å². The molecule has 1 aliphatic rings. The minimum Gasteiger partial charge on any atom is -0.326 e. The highest BCUT2D eigenvalue weighted by Crippen LogP contribution is 2.39. The van der Waals surface area contributed by atoms with E-state index in [0.29, 0.717) is 15.7 Å². The molecule has 0 saturated carbocycles. The highest BCUT2D eigenvalue weighted by Gasteiger charge is 2.33. The van der Waals surface area contributed by atoms with E-state index in [0.717, 1.165) is 33.6 Å². The van der Waals surface area contributed by atoms with Gasteiger partial charge in [0.15, 0.2) is 5.13 Å². The normalized spacial score (nSPS) is 15.1. The number of hydrogen-bond acceptors (Lipinski definition) is 4. The Labute approximate surface area is 179 Å². The number of thiazole rings is 1. The first-order valence-electron chi connectivity index (χ1n) is 8.62. The van der Waals surface area contributed by atoms with Gasteiger partial charge in [-0.2, -0.15) is 0 Å². The third-order valence-corrected chi connectivity index (χ3v) is 6.30. The van der Waals surface area contributed by atoms with Crippen molar-refractivity contribution >= 4 is 61.5 Å². The standard InChI is InChI=1S/C20H15BrClN3O2S/c21-12-3-7-14(8-4-12)23-19(27)15-9-10-16-17(15)24-20(28-16)25-18(26)11-1-5-13(22)6-2-11/h1-8,15H,9-10H2,(H,23,27)(H,24,25,26). The molecule has 2 N–H and O–H groups in total. The molecule has 0 radical (unpaired) electrons. The van der Waals surface area contributed by atoms with Crippen molar-refractivity contribution in [2.75, 3.05) is 10.6 Å². The summed E-state index contributed by atoms with van der Waals surface area (Å²) in [5, 5.41) is 6.83. The molecule has 1 aliphatic carbocycles. The lowest BCUT2D eigenvalue weighted by Crippen LogP contribution is -2.20. The molecule has 1 aromatic heterocycles. The molecule has 0 fully saturated rings. The van der Waals surface area contributed by atoms with Crippen molar-refractivity contribution in [1.82, 2.24) is 4.98 Å². The fraction of sp³-hybridized carbons (Fsp3) is 0.150. The minimum absolute atomic E-state index is 0.0815. The fourth-order valence-corrected chi connectivity index (χ4v) is 4.49. The molecule has 4 rings (SSSR count). The first kappa shape index (κ1) is 19.1. The number of carbonyl (C=O) groups excluding carboxylic acids is 2. The van der Waals surface area contributed by atoms with Crippen LogP contribution in [0.4, 0.5) is 10.8 Å². The molecule has 5 nitrogen and oxygen atoms in total. The Morgan fingerprint density at radius 1 is 1.07 bits per heavy atom. The molecule has 1 heterocycles. The van der Waals surface area contributed by atoms with Gasteiger partial charge in [-0.15, -0.1) is 11.3 Å². The molecule has 0 saturated heterocycles. The average molecular weight is 477 g/mol. The number of anilines is 2. The van der Waals surface area contributed by atoms with Crippen LogP contribution in [0.1, 0.15) is 33.3 Å². The van der Waals surface area contributed by atoms with Crippen molar-refractivity contribution in [3.05, 3.63) is 74.2 Å². The Balaban J connectivity index is 1.46. The first-order chi connectivity index (χ1) is 13.5. The Morgan fingerprint density at radius 2 is 1.79 bits per heavy atom. The first-order valence-corrected chi connectivity index (χ1v) is 10.6. The summed E-state index contributed by atoms with van der Waals surface area (Å²) in [5.74, 6) is -0.641. The van der Waals surface area contributed by atoms with E-state index in [9.17, 15) is 9.59 Å². The number of carbonyl (C=O) groups is 2. The Morgan fingerprint density at radius 3 is 2.50 bits per heavy atom. The minimum atomic E-state index is -0.309. The SMILES string of the molecule is O=C(Nc1nc2c(s1)CCC2C(=O)Nc1ccc(Br)cc1)c1ccc(Cl)cc1. The topological polar surface area (TPSA) is 71.1 Å². The predicted molar refractivity (Wildman–Crippen MR) is 115 cm³/mol. The summed E-state index contributed by atoms with van der Waals surface area (Å²) in [6.07, 6.45) is 1.50. The molecule has 8 heteroatoms. The van der Waals surface area contributed by atoms with E-state index in [2.05, 4.69) is 31.5 Å². The Kier molecular flexibility index (Phi) is 5.48. The zero-order valence-corrected chi connectivity index (χ0v) is 17.7. The van der Waals surface area contributed by atoms with Gasteiger partial charge in [0.1, 0.15) is 0 Å². The second-order valence-corrected chi connectivity index (χ2v) is 8.81. The molecule has 0 aliphatic heterocycles. The molecule has 142 valence electrons. The van der Waals surface area contributed by atoms with Crippen molar-refractivity contribution in [3.63, 3.8) is 0 Å². The molecule has 2 aromatic carbocycles. The van der Waals surface area contributed by atoms with E-state index in [-0.39, 0.29) is 17.7 Å². The zero-order valence-electron chi connectivity index (χ0n) is 14.5. The average Bonchev–Trinajstić information content (AvgIpc) is 3.24. The van der Waals surface area contributed by atoms with Crippen molar-refractivity contribution in [2.24, 2.45) is 0 Å². The Hall–Kier alpha value is -2.22. The van der Waals surface area contributed by atoms with Gasteiger partial charge in [-0.05, 0) is 61.4 Å². The molecule has 3 aromatic rings. The number of halogens is 2. The summed E-state index contributed by atoms with van der Waals surface area (Å²) in [6.45, 7) is 0. The van der Waals surface area contributed by atoms with Crippen molar-refractivity contribution < 1.29 is 9.59 Å². The number of amides is 2. The van der Waals surface area contributed by atoms with Gasteiger partial charge in [0.2, 0.25) is 5.91 Å². The summed E-state index contributed by atoms with van der Waals surface area (Å²) in [6, 6.07) is 14.1. The van der Waals surface area contributed by atoms with Crippen LogP contribution in [0.3, 0.4) is 0 Å². The van der Waals surface area contributed by atoms with Crippen LogP contribution in [-0.2, 0) is 11.2 Å². The second-order valence-electron chi connectivity index (χ2n) is 6.38. The second kappa shape index (κ2) is 8.03. The van der Waals surface area contributed by atoms with Gasteiger partial charge in [-0.3, -0.25) is 14.9 Å². The van der Waals surface area contributed by atoms with E-state index in [1.807, 2.05) is 24.3 Å². The van der Waals surface area contributed by atoms with Gasteiger partial charge in [-0.25, -0.2) is 4.98 Å². The lowest BCUT2D eigenvalue weighted by molar-refractivity contribution is -0.117. The summed E-state index contributed by atoms with van der Waals surface area (Å²) in [7, 11) is 0. The summed E-state index contributed by atoms with van der Waals surface area (Å²) >= 11 is 10.7. The summed E-state index contributed by atoms with van der Waals surface area (Å²) in [4.78, 5) is 30.6. The number of rotatable bonds is 4. The smallest absolute Gasteiger partial charge is 0.257 e. The van der Waals surface area contributed by atoms with Crippen molar-refractivity contribution in [2.45, 2.75) is 18.8 Å². The van der Waals surface area contributed by atoms with Crippen LogP contribution in [0.15, 0.2) is 53.0 Å². The maximum atomic E-state index is 12.7. The lowest BCUT2D eigenvalue weighted by Gasteiger charge is -2.11. The van der Waals surface area contributed by atoms with Gasteiger partial charge in [0.05, 0.1) is 11.6 Å². The highest BCUT2D eigenvalue weighted by molar-refractivity contribution is 9.10. The molecular formula is C20H15BrClN3O2S. The number of fused-ring (bicyclic) bond motifs is 1. The molecule has 0 bridgehead atoms. The zero-order chi connectivity index (χ0) is 19.7. The monoisotopic (exact) mass is 475 g/mol. The van der Waals surface area contributed by atoms with Crippen LogP contribution in [0.2, 0.25) is 5.02 Å². The quantitative estimate of drug-likeness (QED) is 0.524. The fourth-order valence-electron chi connectivity index (χ4n) is 3.07. The van der Waals surface area contributed by atoms with Crippen LogP contribution in [0.5, 0.6) is 0 Å². The largest absolute Gasteiger partial charge is 0.326 e. The maximum absolute atomic E-state index is 12.7. The number of benzene rings is 2. The third-order valence-electron chi connectivity index (χ3n) is 4.47. The van der Waals surface area contributed by atoms with Crippen LogP contribution in [0.25, 0.3) is 0 Å². The van der Waals surface area contributed by atoms with Crippen molar-refractivity contribution in [3.8, 4) is 0 Å². The summed E-state index contributed by atoms with van der Waals surface area (Å²) < 4.78 is 0.953. The third kappa shape index (κ3) is 4.11. The number of aryl methyl sites for hydroxylation is 1. The lowest BCUT2D eigenvalue weighted by atomic mass is 10.1. The summed E-state index contributed by atoms with van der Waals surface area (Å²) in [5.41, 5.74) is 2.00. The van der Waals surface area contributed by atoms with Gasteiger partial charge in [0, 0.05) is 25.6 Å². The van der Waals surface area contributed by atoms with E-state index in [4.69, 9.17) is 11.6 Å². The molecule has 2 amide bonds. The molecule has 0 spiro atoms. The maximum Gasteiger partial charge on any atom is 0.257 e. The van der Waals surface area contributed by atoms with E-state index >= 15 is 0 Å². The van der Waals surface area contributed by atoms with Crippen molar-refractivity contribution in [1.29, 1.82) is 0 Å². The van der Waals surface area contributed by atoms with Gasteiger partial charge >= 0.3 is 0 Å². The number of hydrogen-bond donors (Lipinski definition) is 2. The predicted octanol–water partition coefficient (Wildman–Crippen LogP) is 5.48. The highest BCUT2D eigenvalue weighted by atomic mass is 79.9. The molecule has 1 atom stereocenters. The molecular weight excluding hydrogens is 462 g/mol. The number of nitrogens with one attached hydrogen (secondary N) is 2. The Bertz CT molecular complexity index is 1030. The molecule has 1 unspecified atom stereocenters. The van der Waals surface area contributed by atoms with E-state index < -0.39 is 0 Å². The van der Waals surface area contributed by atoms with E-state index in [1.54, 1.807) is 24.3 Å². The van der Waals surface area contributed by atoms with Crippen LogP contribution in [0, 0.1) is 0 Å². The molecule has 28 heavy (non-hydrogen) atoms.